The average molecular weight is 632 g/mol. The number of carbonyl (C=O) groups excluding carboxylic acids is 1. The monoisotopic (exact) mass is 631 g/mol. The summed E-state index contributed by atoms with van der Waals surface area (Å²) in [5.74, 6) is -9.53. The Bertz CT molecular complexity index is 1820. The first-order valence-electron chi connectivity index (χ1n) is 13.8. The number of benzene rings is 2. The van der Waals surface area contributed by atoms with Gasteiger partial charge in [-0.05, 0) is 66.6 Å². The second-order valence-electron chi connectivity index (χ2n) is 11.2. The third-order valence-electron chi connectivity index (χ3n) is 7.89. The van der Waals surface area contributed by atoms with Crippen molar-refractivity contribution in [1.29, 1.82) is 0 Å². The van der Waals surface area contributed by atoms with Gasteiger partial charge in [-0.15, -0.1) is 20.4 Å². The summed E-state index contributed by atoms with van der Waals surface area (Å²) in [6, 6.07) is 10.1. The molecule has 1 aliphatic heterocycles. The summed E-state index contributed by atoms with van der Waals surface area (Å²) in [7, 11) is -3.27. The summed E-state index contributed by atoms with van der Waals surface area (Å²) >= 11 is 0. The van der Waals surface area contributed by atoms with Gasteiger partial charge in [0.15, 0.2) is 15.6 Å². The van der Waals surface area contributed by atoms with Gasteiger partial charge in [0.2, 0.25) is 17.7 Å². The maximum Gasteiger partial charge on any atom is 0.351 e. The summed E-state index contributed by atoms with van der Waals surface area (Å²) < 4.78 is 85.1. The van der Waals surface area contributed by atoms with Crippen LogP contribution in [0.4, 0.5) is 13.2 Å². The van der Waals surface area contributed by atoms with E-state index in [1.807, 2.05) is 12.1 Å². The van der Waals surface area contributed by atoms with Crippen molar-refractivity contribution < 1.29 is 40.0 Å². The van der Waals surface area contributed by atoms with Crippen LogP contribution in [0.2, 0.25) is 0 Å². The van der Waals surface area contributed by atoms with Crippen LogP contribution in [0.25, 0.3) is 22.9 Å². The van der Waals surface area contributed by atoms with Crippen molar-refractivity contribution in [2.24, 2.45) is 5.73 Å². The number of fused-ring (bicyclic) bond motifs is 1. The molecule has 232 valence electrons. The number of ketones is 1. The number of nitrogens with two attached hydrogens (primary N) is 1. The van der Waals surface area contributed by atoms with Gasteiger partial charge in [0, 0.05) is 37.5 Å². The van der Waals surface area contributed by atoms with E-state index in [-0.39, 0.29) is 34.8 Å². The number of nitrogens with zero attached hydrogens (tertiary/aromatic N) is 4. The van der Waals surface area contributed by atoms with E-state index < -0.39 is 51.0 Å². The minimum absolute atomic E-state index is 0.0409. The van der Waals surface area contributed by atoms with Crippen LogP contribution in [-0.2, 0) is 31.6 Å². The molecule has 0 spiro atoms. The van der Waals surface area contributed by atoms with Crippen molar-refractivity contribution in [3.63, 3.8) is 0 Å². The maximum atomic E-state index is 15.0. The van der Waals surface area contributed by atoms with E-state index in [0.29, 0.717) is 30.2 Å². The van der Waals surface area contributed by atoms with Gasteiger partial charge in [-0.25, -0.2) is 8.42 Å². The number of ether oxygens (including phenoxy) is 1. The lowest BCUT2D eigenvalue weighted by molar-refractivity contribution is -0.278. The Morgan fingerprint density at radius 3 is 2.30 bits per heavy atom. The van der Waals surface area contributed by atoms with Crippen LogP contribution in [0, 0.1) is 0 Å². The summed E-state index contributed by atoms with van der Waals surface area (Å²) in [4.78, 5) is 12.9. The Labute approximate surface area is 249 Å². The SMILES string of the molecule is COC(F)(c1nnc(-c2ccc3c(c2)C(Cc2ccc(-c4nnc(C5CC5)o4)cc2)CC(=O)[C@@H](N)CS3(=O)=O)o1)C(C)(F)F. The third-order valence-corrected chi connectivity index (χ3v) is 9.73. The highest BCUT2D eigenvalue weighted by atomic mass is 32.2. The number of aromatic nitrogens is 4. The minimum atomic E-state index is -4.02. The molecule has 3 atom stereocenters. The molecule has 0 saturated heterocycles. The third kappa shape index (κ3) is 5.55. The number of alkyl halides is 3. The summed E-state index contributed by atoms with van der Waals surface area (Å²) in [5, 5.41) is 15.4. The normalized spacial score (nSPS) is 21.7. The molecule has 2 aromatic heterocycles. The number of carbonyl (C=O) groups is 1. The fraction of sp³-hybridized carbons (Fsp3) is 0.414. The van der Waals surface area contributed by atoms with E-state index in [9.17, 15) is 22.0 Å². The molecule has 2 aromatic carbocycles. The van der Waals surface area contributed by atoms with E-state index in [4.69, 9.17) is 14.6 Å². The van der Waals surface area contributed by atoms with Crippen molar-refractivity contribution in [2.45, 2.75) is 67.2 Å². The van der Waals surface area contributed by atoms with Crippen LogP contribution in [0.1, 0.15) is 60.9 Å². The Kier molecular flexibility index (Phi) is 7.45. The van der Waals surface area contributed by atoms with Gasteiger partial charge < -0.3 is 19.3 Å². The molecule has 1 saturated carbocycles. The molecule has 11 nitrogen and oxygen atoms in total. The summed E-state index contributed by atoms with van der Waals surface area (Å²) in [6.45, 7) is 0.308. The van der Waals surface area contributed by atoms with E-state index >= 15 is 4.39 Å². The molecule has 1 fully saturated rings. The molecule has 2 unspecified atom stereocenters. The first-order valence-corrected chi connectivity index (χ1v) is 15.5. The molecule has 1 aliphatic carbocycles. The van der Waals surface area contributed by atoms with Gasteiger partial charge >= 0.3 is 11.8 Å². The van der Waals surface area contributed by atoms with E-state index in [1.165, 1.54) is 18.2 Å². The highest BCUT2D eigenvalue weighted by Crippen LogP contribution is 2.43. The lowest BCUT2D eigenvalue weighted by Crippen LogP contribution is -2.41. The van der Waals surface area contributed by atoms with Crippen LogP contribution in [0.15, 0.2) is 56.2 Å². The number of methoxy groups -OCH3 is 1. The molecule has 0 bridgehead atoms. The standard InChI is InChI=1S/C29H28F3N5O6S/c1-28(30,31)29(32,41-2)27-37-36-26(43-27)18-9-10-23-20(12-18)19(13-22(38)21(33)14-44(23,39)40)11-15-3-5-16(6-4-15)24-34-35-25(42-24)17-7-8-17/h3-6,9-10,12,17,19,21H,7-8,11,13-14,33H2,1-2H3/t19?,21-,29?/m0/s1. The van der Waals surface area contributed by atoms with Crippen LogP contribution in [-0.4, -0.2) is 59.4 Å². The van der Waals surface area contributed by atoms with Crippen molar-refractivity contribution in [3.05, 3.63) is 65.4 Å². The molecule has 6 rings (SSSR count). The summed E-state index contributed by atoms with van der Waals surface area (Å²) in [6.07, 6.45) is 2.22. The highest BCUT2D eigenvalue weighted by molar-refractivity contribution is 7.91. The maximum absolute atomic E-state index is 15.0. The lowest BCUT2D eigenvalue weighted by Gasteiger charge is -2.26. The van der Waals surface area contributed by atoms with E-state index in [2.05, 4.69) is 25.1 Å². The number of rotatable bonds is 8. The van der Waals surface area contributed by atoms with Gasteiger partial charge in [0.1, 0.15) is 0 Å². The number of hydrogen-bond acceptors (Lipinski definition) is 11. The second-order valence-corrected chi connectivity index (χ2v) is 13.2. The number of sulfone groups is 1. The molecule has 4 aromatic rings. The fourth-order valence-corrected chi connectivity index (χ4v) is 6.93. The predicted octanol–water partition coefficient (Wildman–Crippen LogP) is 4.49. The molecule has 2 N–H and O–H groups in total. The Morgan fingerprint density at radius 2 is 1.64 bits per heavy atom. The molecule has 3 heterocycles. The first-order chi connectivity index (χ1) is 20.8. The number of hydrogen-bond donors (Lipinski definition) is 1. The van der Waals surface area contributed by atoms with Gasteiger partial charge in [0.25, 0.3) is 5.89 Å². The average Bonchev–Trinajstić information content (AvgIpc) is 3.49. The Hall–Kier alpha value is -3.95. The van der Waals surface area contributed by atoms with Crippen molar-refractivity contribution in [3.8, 4) is 22.9 Å². The first kappa shape index (κ1) is 30.1. The van der Waals surface area contributed by atoms with Crippen LogP contribution < -0.4 is 5.73 Å². The van der Waals surface area contributed by atoms with E-state index in [0.717, 1.165) is 25.5 Å². The summed E-state index contributed by atoms with van der Waals surface area (Å²) in [5.41, 5.74) is 7.87. The zero-order chi connectivity index (χ0) is 31.4. The predicted molar refractivity (Wildman–Crippen MR) is 148 cm³/mol. The lowest BCUT2D eigenvalue weighted by atomic mass is 9.85. The van der Waals surface area contributed by atoms with Gasteiger partial charge in [-0.3, -0.25) is 4.79 Å². The Balaban J connectivity index is 1.36. The second kappa shape index (κ2) is 10.9. The zero-order valence-corrected chi connectivity index (χ0v) is 24.5. The molecule has 2 aliphatic rings. The largest absolute Gasteiger partial charge is 0.420 e. The van der Waals surface area contributed by atoms with Crippen molar-refractivity contribution >= 4 is 15.6 Å². The van der Waals surface area contributed by atoms with Crippen LogP contribution in [0.5, 0.6) is 0 Å². The smallest absolute Gasteiger partial charge is 0.351 e. The molecule has 44 heavy (non-hydrogen) atoms. The zero-order valence-electron chi connectivity index (χ0n) is 23.7. The molecular weight excluding hydrogens is 603 g/mol. The molecule has 0 amide bonds. The minimum Gasteiger partial charge on any atom is -0.420 e. The highest BCUT2D eigenvalue weighted by Gasteiger charge is 2.58. The topological polar surface area (TPSA) is 164 Å². The fourth-order valence-electron chi connectivity index (χ4n) is 5.23. The number of halogens is 3. The molecular formula is C29H28F3N5O6S. The van der Waals surface area contributed by atoms with Gasteiger partial charge in [-0.1, -0.05) is 12.1 Å². The molecule has 0 radical (unpaired) electrons. The van der Waals surface area contributed by atoms with Crippen LogP contribution in [0.3, 0.4) is 0 Å². The van der Waals surface area contributed by atoms with Crippen molar-refractivity contribution in [1.82, 2.24) is 20.4 Å². The van der Waals surface area contributed by atoms with Gasteiger partial charge in [-0.2, -0.15) is 13.2 Å². The number of Topliss-reactive ketones (excluding diaryl/α,β-unsaturated/α-hetero) is 1. The van der Waals surface area contributed by atoms with E-state index in [1.54, 1.807) is 12.1 Å². The van der Waals surface area contributed by atoms with Gasteiger partial charge in [0.05, 0.1) is 16.7 Å². The van der Waals surface area contributed by atoms with Crippen LogP contribution >= 0.6 is 0 Å². The van der Waals surface area contributed by atoms with Crippen molar-refractivity contribution in [2.75, 3.05) is 12.9 Å². The quantitative estimate of drug-likeness (QED) is 0.291. The molecule has 15 heteroatoms. The Morgan fingerprint density at radius 1 is 0.977 bits per heavy atom.